The van der Waals surface area contributed by atoms with Crippen LogP contribution in [0.1, 0.15) is 47.3 Å². The maximum Gasteiger partial charge on any atom is 0.251 e. The predicted octanol–water partition coefficient (Wildman–Crippen LogP) is 3.39. The van der Waals surface area contributed by atoms with Gasteiger partial charge in [-0.3, -0.25) is 9.79 Å². The molecule has 2 aromatic carbocycles. The molecule has 0 bridgehead atoms. The molecule has 27 heavy (non-hydrogen) atoms. The Morgan fingerprint density at radius 2 is 1.70 bits per heavy atom. The molecule has 0 saturated heterocycles. The molecule has 5 nitrogen and oxygen atoms in total. The first-order valence-electron chi connectivity index (χ1n) is 9.41. The highest BCUT2D eigenvalue weighted by Gasteiger charge is 2.09. The van der Waals surface area contributed by atoms with Crippen LogP contribution in [0.3, 0.4) is 0 Å². The average molecular weight is 367 g/mol. The predicted molar refractivity (Wildman–Crippen MR) is 112 cm³/mol. The highest BCUT2D eigenvalue weighted by atomic mass is 16.1. The average Bonchev–Trinajstić information content (AvgIpc) is 2.69. The Balaban J connectivity index is 1.89. The number of hydrogen-bond donors (Lipinski definition) is 3. The van der Waals surface area contributed by atoms with E-state index in [-0.39, 0.29) is 11.9 Å². The molecule has 2 aromatic rings. The van der Waals surface area contributed by atoms with Gasteiger partial charge in [0.05, 0.1) is 0 Å². The summed E-state index contributed by atoms with van der Waals surface area (Å²) in [6.07, 6.45) is 0.913. The van der Waals surface area contributed by atoms with Crippen LogP contribution in [-0.2, 0) is 13.1 Å². The largest absolute Gasteiger partial charge is 0.352 e. The molecule has 0 fully saturated rings. The third-order valence-electron chi connectivity index (χ3n) is 4.44. The van der Waals surface area contributed by atoms with Crippen LogP contribution in [0.15, 0.2) is 53.5 Å². The van der Waals surface area contributed by atoms with Crippen LogP contribution < -0.4 is 16.0 Å². The van der Waals surface area contributed by atoms with Gasteiger partial charge in [0.2, 0.25) is 0 Å². The molecular formula is C22H30N4O. The molecule has 2 rings (SSSR count). The number of nitrogens with one attached hydrogen (secondary N) is 3. The third kappa shape index (κ3) is 6.77. The maximum absolute atomic E-state index is 12.3. The first-order chi connectivity index (χ1) is 13.0. The smallest absolute Gasteiger partial charge is 0.251 e. The summed E-state index contributed by atoms with van der Waals surface area (Å²) in [5, 5.41) is 9.59. The summed E-state index contributed by atoms with van der Waals surface area (Å²) in [5.74, 6) is 0.693. The topological polar surface area (TPSA) is 65.5 Å². The molecule has 0 aliphatic heterocycles. The molecule has 1 amide bonds. The second kappa shape index (κ2) is 10.4. The SMILES string of the molecule is CCC(C)NC(=O)c1cccc(CNC(=NC)NCc2ccc(C)cc2)c1. The number of carbonyl (C=O) groups is 1. The molecule has 144 valence electrons. The molecule has 0 radical (unpaired) electrons. The number of aryl methyl sites for hydroxylation is 1. The number of nitrogens with zero attached hydrogens (tertiary/aromatic N) is 1. The normalized spacial score (nSPS) is 12.4. The Labute approximate surface area is 162 Å². The summed E-state index contributed by atoms with van der Waals surface area (Å²) in [6.45, 7) is 7.44. The van der Waals surface area contributed by atoms with E-state index in [0.29, 0.717) is 18.7 Å². The lowest BCUT2D eigenvalue weighted by Gasteiger charge is -2.14. The van der Waals surface area contributed by atoms with Gasteiger partial charge >= 0.3 is 0 Å². The molecule has 0 aliphatic rings. The minimum Gasteiger partial charge on any atom is -0.352 e. The lowest BCUT2D eigenvalue weighted by Crippen LogP contribution is -2.36. The Morgan fingerprint density at radius 1 is 1.04 bits per heavy atom. The zero-order chi connectivity index (χ0) is 19.6. The van der Waals surface area contributed by atoms with Crippen LogP contribution in [0.4, 0.5) is 0 Å². The summed E-state index contributed by atoms with van der Waals surface area (Å²) >= 11 is 0. The summed E-state index contributed by atoms with van der Waals surface area (Å²) < 4.78 is 0. The van der Waals surface area contributed by atoms with E-state index < -0.39 is 0 Å². The molecule has 1 atom stereocenters. The molecule has 0 spiro atoms. The van der Waals surface area contributed by atoms with Crippen molar-refractivity contribution in [3.8, 4) is 0 Å². The van der Waals surface area contributed by atoms with E-state index in [1.165, 1.54) is 11.1 Å². The van der Waals surface area contributed by atoms with Gasteiger partial charge in [-0.15, -0.1) is 0 Å². The van der Waals surface area contributed by atoms with E-state index in [4.69, 9.17) is 0 Å². The van der Waals surface area contributed by atoms with Gasteiger partial charge in [0.1, 0.15) is 0 Å². The van der Waals surface area contributed by atoms with Gasteiger partial charge < -0.3 is 16.0 Å². The lowest BCUT2D eigenvalue weighted by molar-refractivity contribution is 0.0939. The monoisotopic (exact) mass is 366 g/mol. The van der Waals surface area contributed by atoms with Crippen LogP contribution in [0.5, 0.6) is 0 Å². The van der Waals surface area contributed by atoms with Crippen molar-refractivity contribution in [3.05, 3.63) is 70.8 Å². The van der Waals surface area contributed by atoms with Crippen LogP contribution in [-0.4, -0.2) is 25.0 Å². The van der Waals surface area contributed by atoms with E-state index in [0.717, 1.165) is 17.9 Å². The van der Waals surface area contributed by atoms with Crippen LogP contribution in [0.25, 0.3) is 0 Å². The van der Waals surface area contributed by atoms with Crippen molar-refractivity contribution < 1.29 is 4.79 Å². The number of amides is 1. The minimum atomic E-state index is -0.0342. The van der Waals surface area contributed by atoms with E-state index in [9.17, 15) is 4.79 Å². The number of hydrogen-bond acceptors (Lipinski definition) is 2. The van der Waals surface area contributed by atoms with Crippen LogP contribution >= 0.6 is 0 Å². The second-order valence-electron chi connectivity index (χ2n) is 6.75. The van der Waals surface area contributed by atoms with Crippen LogP contribution in [0, 0.1) is 6.92 Å². The van der Waals surface area contributed by atoms with E-state index >= 15 is 0 Å². The van der Waals surface area contributed by atoms with Crippen LogP contribution in [0.2, 0.25) is 0 Å². The van der Waals surface area contributed by atoms with Gasteiger partial charge in [-0.05, 0) is 43.5 Å². The Kier molecular flexibility index (Phi) is 7.86. The fraction of sp³-hybridized carbons (Fsp3) is 0.364. The molecule has 1 unspecified atom stereocenters. The third-order valence-corrected chi connectivity index (χ3v) is 4.44. The van der Waals surface area contributed by atoms with Gasteiger partial charge in [0.15, 0.2) is 5.96 Å². The maximum atomic E-state index is 12.3. The number of aliphatic imine (C=N–C) groups is 1. The fourth-order valence-corrected chi connectivity index (χ4v) is 2.53. The van der Waals surface area contributed by atoms with E-state index in [1.807, 2.05) is 31.2 Å². The molecule has 3 N–H and O–H groups in total. The van der Waals surface area contributed by atoms with Crippen molar-refractivity contribution in [1.82, 2.24) is 16.0 Å². The molecule has 0 heterocycles. The first-order valence-corrected chi connectivity index (χ1v) is 9.41. The molecular weight excluding hydrogens is 336 g/mol. The number of carbonyl (C=O) groups excluding carboxylic acids is 1. The van der Waals surface area contributed by atoms with Crippen molar-refractivity contribution in [1.29, 1.82) is 0 Å². The quantitative estimate of drug-likeness (QED) is 0.520. The summed E-state index contributed by atoms with van der Waals surface area (Å²) in [5.41, 5.74) is 4.16. The summed E-state index contributed by atoms with van der Waals surface area (Å²) in [4.78, 5) is 16.5. The number of rotatable bonds is 7. The molecule has 0 aliphatic carbocycles. The standard InChI is InChI=1S/C22H30N4O/c1-5-17(3)26-21(27)20-8-6-7-19(13-20)15-25-22(23-4)24-14-18-11-9-16(2)10-12-18/h6-13,17H,5,14-15H2,1-4H3,(H,26,27)(H2,23,24,25). The van der Waals surface area contributed by atoms with Crippen molar-refractivity contribution in [2.45, 2.75) is 46.3 Å². The highest BCUT2D eigenvalue weighted by Crippen LogP contribution is 2.06. The minimum absolute atomic E-state index is 0.0342. The Bertz CT molecular complexity index is 768. The molecule has 0 aromatic heterocycles. The summed E-state index contributed by atoms with van der Waals surface area (Å²) in [6, 6.07) is 16.2. The fourth-order valence-electron chi connectivity index (χ4n) is 2.53. The summed E-state index contributed by atoms with van der Waals surface area (Å²) in [7, 11) is 1.75. The van der Waals surface area contributed by atoms with Gasteiger partial charge in [-0.2, -0.15) is 0 Å². The van der Waals surface area contributed by atoms with Gasteiger partial charge in [0, 0.05) is 31.7 Å². The second-order valence-corrected chi connectivity index (χ2v) is 6.75. The van der Waals surface area contributed by atoms with Crippen molar-refractivity contribution >= 4 is 11.9 Å². The number of guanidine groups is 1. The Hall–Kier alpha value is -2.82. The van der Waals surface area contributed by atoms with Crippen molar-refractivity contribution in [3.63, 3.8) is 0 Å². The van der Waals surface area contributed by atoms with E-state index in [1.54, 1.807) is 7.05 Å². The molecule has 5 heteroatoms. The van der Waals surface area contributed by atoms with Gasteiger partial charge in [-0.25, -0.2) is 0 Å². The van der Waals surface area contributed by atoms with Crippen molar-refractivity contribution in [2.75, 3.05) is 7.05 Å². The first kappa shape index (κ1) is 20.5. The van der Waals surface area contributed by atoms with Gasteiger partial charge in [-0.1, -0.05) is 48.9 Å². The zero-order valence-electron chi connectivity index (χ0n) is 16.7. The Morgan fingerprint density at radius 3 is 2.33 bits per heavy atom. The van der Waals surface area contributed by atoms with Crippen molar-refractivity contribution in [2.24, 2.45) is 4.99 Å². The highest BCUT2D eigenvalue weighted by molar-refractivity contribution is 5.94. The molecule has 0 saturated carbocycles. The van der Waals surface area contributed by atoms with E-state index in [2.05, 4.69) is 59.1 Å². The lowest BCUT2D eigenvalue weighted by atomic mass is 10.1. The van der Waals surface area contributed by atoms with Gasteiger partial charge in [0.25, 0.3) is 5.91 Å². The zero-order valence-corrected chi connectivity index (χ0v) is 16.7. The number of benzene rings is 2.